The lowest BCUT2D eigenvalue weighted by Gasteiger charge is -2.21. The number of hydrogen-bond acceptors (Lipinski definition) is 1. The fourth-order valence-corrected chi connectivity index (χ4v) is 2.29. The minimum Gasteiger partial charge on any atom is -0.355 e. The van der Waals surface area contributed by atoms with Crippen LogP contribution in [0.25, 0.3) is 16.5 Å². The summed E-state index contributed by atoms with van der Waals surface area (Å²) < 4.78 is 13.1. The molecular weight excluding hydrogens is 215 g/mol. The number of rotatable bonds is 1. The number of likely N-dealkylation sites (N-methyl/N-ethyl adjacent to an activating group) is 1. The third-order valence-corrected chi connectivity index (χ3v) is 3.34. The summed E-state index contributed by atoms with van der Waals surface area (Å²) in [5, 5.41) is 1.07. The van der Waals surface area contributed by atoms with Crippen LogP contribution in [0.1, 0.15) is 12.1 Å². The van der Waals surface area contributed by atoms with Crippen LogP contribution in [0.5, 0.6) is 0 Å². The van der Waals surface area contributed by atoms with Gasteiger partial charge in [0.25, 0.3) is 0 Å². The SMILES string of the molecule is CN1CC=C(c2cc3ccc(F)cc3[nH]2)CC1. The number of nitrogens with one attached hydrogen (secondary N) is 1. The Morgan fingerprint density at radius 2 is 2.18 bits per heavy atom. The Hall–Kier alpha value is -1.61. The molecule has 1 N–H and O–H groups in total. The first kappa shape index (κ1) is 10.5. The van der Waals surface area contributed by atoms with E-state index in [1.54, 1.807) is 6.07 Å². The van der Waals surface area contributed by atoms with Crippen LogP contribution < -0.4 is 0 Å². The van der Waals surface area contributed by atoms with Gasteiger partial charge in [0.15, 0.2) is 0 Å². The Balaban J connectivity index is 2.01. The van der Waals surface area contributed by atoms with Crippen LogP contribution in [0.2, 0.25) is 0 Å². The van der Waals surface area contributed by atoms with Gasteiger partial charge < -0.3 is 9.88 Å². The number of hydrogen-bond donors (Lipinski definition) is 1. The molecule has 3 rings (SSSR count). The van der Waals surface area contributed by atoms with Gasteiger partial charge in [0, 0.05) is 29.7 Å². The zero-order valence-electron chi connectivity index (χ0n) is 9.83. The van der Waals surface area contributed by atoms with E-state index < -0.39 is 0 Å². The van der Waals surface area contributed by atoms with Crippen LogP contribution in [0.15, 0.2) is 30.3 Å². The Morgan fingerprint density at radius 1 is 1.29 bits per heavy atom. The minimum absolute atomic E-state index is 0.191. The highest BCUT2D eigenvalue weighted by Crippen LogP contribution is 2.25. The van der Waals surface area contributed by atoms with E-state index in [2.05, 4.69) is 29.1 Å². The van der Waals surface area contributed by atoms with Gasteiger partial charge in [-0.05, 0) is 43.3 Å². The van der Waals surface area contributed by atoms with Crippen molar-refractivity contribution in [1.29, 1.82) is 0 Å². The standard InChI is InChI=1S/C14H15FN2/c1-17-6-4-10(5-7-17)13-8-11-2-3-12(15)9-14(11)16-13/h2-4,8-9,16H,5-7H2,1H3. The van der Waals surface area contributed by atoms with Gasteiger partial charge in [0.05, 0.1) is 0 Å². The van der Waals surface area contributed by atoms with Crippen molar-refractivity contribution in [2.24, 2.45) is 0 Å². The maximum atomic E-state index is 13.1. The average molecular weight is 230 g/mol. The summed E-state index contributed by atoms with van der Waals surface area (Å²) in [5.41, 5.74) is 3.33. The Morgan fingerprint density at radius 3 is 2.94 bits per heavy atom. The van der Waals surface area contributed by atoms with E-state index in [-0.39, 0.29) is 5.82 Å². The van der Waals surface area contributed by atoms with Crippen molar-refractivity contribution in [3.8, 4) is 0 Å². The first-order chi connectivity index (χ1) is 8.22. The van der Waals surface area contributed by atoms with Crippen LogP contribution in [0, 0.1) is 5.82 Å². The molecule has 1 aliphatic rings. The highest BCUT2D eigenvalue weighted by atomic mass is 19.1. The summed E-state index contributed by atoms with van der Waals surface area (Å²) in [6.45, 7) is 2.06. The predicted molar refractivity (Wildman–Crippen MR) is 68.3 cm³/mol. The lowest BCUT2D eigenvalue weighted by molar-refractivity contribution is 0.370. The monoisotopic (exact) mass is 230 g/mol. The molecule has 1 aromatic heterocycles. The fourth-order valence-electron chi connectivity index (χ4n) is 2.29. The summed E-state index contributed by atoms with van der Waals surface area (Å²) in [4.78, 5) is 5.58. The van der Waals surface area contributed by atoms with Crippen LogP contribution in [0.4, 0.5) is 4.39 Å². The van der Waals surface area contributed by atoms with Crippen LogP contribution in [-0.2, 0) is 0 Å². The number of benzene rings is 1. The molecule has 0 radical (unpaired) electrons. The third-order valence-electron chi connectivity index (χ3n) is 3.34. The Bertz CT molecular complexity index is 583. The summed E-state index contributed by atoms with van der Waals surface area (Å²) in [6.07, 6.45) is 3.29. The van der Waals surface area contributed by atoms with E-state index in [0.29, 0.717) is 0 Å². The number of nitrogens with zero attached hydrogens (tertiary/aromatic N) is 1. The molecule has 2 heterocycles. The van der Waals surface area contributed by atoms with Crippen LogP contribution in [0.3, 0.4) is 0 Å². The third kappa shape index (κ3) is 1.98. The molecular formula is C14H15FN2. The summed E-state index contributed by atoms with van der Waals surface area (Å²) in [7, 11) is 2.12. The second-order valence-corrected chi connectivity index (χ2v) is 4.66. The largest absolute Gasteiger partial charge is 0.355 e. The average Bonchev–Trinajstić information content (AvgIpc) is 2.72. The minimum atomic E-state index is -0.191. The van der Waals surface area contributed by atoms with Gasteiger partial charge in [-0.1, -0.05) is 6.08 Å². The maximum absolute atomic E-state index is 13.1. The van der Waals surface area contributed by atoms with E-state index in [1.165, 1.54) is 11.6 Å². The second kappa shape index (κ2) is 4.00. The first-order valence-electron chi connectivity index (χ1n) is 5.88. The first-order valence-corrected chi connectivity index (χ1v) is 5.88. The summed E-state index contributed by atoms with van der Waals surface area (Å²) >= 11 is 0. The van der Waals surface area contributed by atoms with Gasteiger partial charge in [-0.3, -0.25) is 0 Å². The lowest BCUT2D eigenvalue weighted by Crippen LogP contribution is -2.23. The molecule has 0 saturated carbocycles. The Labute approximate surface area is 99.7 Å². The molecule has 2 aromatic rings. The van der Waals surface area contributed by atoms with E-state index in [9.17, 15) is 4.39 Å². The molecule has 1 aromatic carbocycles. The van der Waals surface area contributed by atoms with E-state index >= 15 is 0 Å². The molecule has 0 fully saturated rings. The zero-order chi connectivity index (χ0) is 11.8. The van der Waals surface area contributed by atoms with Gasteiger partial charge in [0.1, 0.15) is 5.82 Å². The molecule has 0 spiro atoms. The zero-order valence-corrected chi connectivity index (χ0v) is 9.83. The van der Waals surface area contributed by atoms with Crippen molar-refractivity contribution in [3.05, 3.63) is 41.9 Å². The molecule has 0 amide bonds. The van der Waals surface area contributed by atoms with E-state index in [0.717, 1.165) is 36.1 Å². The van der Waals surface area contributed by atoms with Gasteiger partial charge in [-0.25, -0.2) is 4.39 Å². The molecule has 0 bridgehead atoms. The Kier molecular flexibility index (Phi) is 2.48. The number of aromatic nitrogens is 1. The quantitative estimate of drug-likeness (QED) is 0.797. The van der Waals surface area contributed by atoms with Crippen LogP contribution in [-0.4, -0.2) is 30.0 Å². The number of fused-ring (bicyclic) bond motifs is 1. The molecule has 0 unspecified atom stereocenters. The molecule has 2 nitrogen and oxygen atoms in total. The number of H-pyrrole nitrogens is 1. The van der Waals surface area contributed by atoms with Crippen molar-refractivity contribution < 1.29 is 4.39 Å². The maximum Gasteiger partial charge on any atom is 0.125 e. The fraction of sp³-hybridized carbons (Fsp3) is 0.286. The molecule has 1 aliphatic heterocycles. The second-order valence-electron chi connectivity index (χ2n) is 4.66. The smallest absolute Gasteiger partial charge is 0.125 e. The molecule has 88 valence electrons. The molecule has 0 aliphatic carbocycles. The van der Waals surface area contributed by atoms with Crippen molar-refractivity contribution >= 4 is 16.5 Å². The van der Waals surface area contributed by atoms with Crippen molar-refractivity contribution in [2.75, 3.05) is 20.1 Å². The van der Waals surface area contributed by atoms with Gasteiger partial charge in [-0.2, -0.15) is 0 Å². The topological polar surface area (TPSA) is 19.0 Å². The van der Waals surface area contributed by atoms with Gasteiger partial charge in [0.2, 0.25) is 0 Å². The number of halogens is 1. The van der Waals surface area contributed by atoms with E-state index in [4.69, 9.17) is 0 Å². The molecule has 17 heavy (non-hydrogen) atoms. The molecule has 3 heteroatoms. The summed E-state index contributed by atoms with van der Waals surface area (Å²) in [5.74, 6) is -0.191. The van der Waals surface area contributed by atoms with E-state index in [1.807, 2.05) is 6.07 Å². The van der Waals surface area contributed by atoms with Gasteiger partial charge >= 0.3 is 0 Å². The van der Waals surface area contributed by atoms with Crippen molar-refractivity contribution in [2.45, 2.75) is 6.42 Å². The highest BCUT2D eigenvalue weighted by molar-refractivity contribution is 5.84. The van der Waals surface area contributed by atoms with Crippen molar-refractivity contribution in [3.63, 3.8) is 0 Å². The highest BCUT2D eigenvalue weighted by Gasteiger charge is 2.11. The number of aromatic amines is 1. The van der Waals surface area contributed by atoms with Crippen LogP contribution >= 0.6 is 0 Å². The van der Waals surface area contributed by atoms with Gasteiger partial charge in [-0.15, -0.1) is 0 Å². The molecule has 0 saturated heterocycles. The van der Waals surface area contributed by atoms with Crippen molar-refractivity contribution in [1.82, 2.24) is 9.88 Å². The normalized spacial score (nSPS) is 17.4. The lowest BCUT2D eigenvalue weighted by atomic mass is 10.1. The summed E-state index contributed by atoms with van der Waals surface area (Å²) in [6, 6.07) is 6.98. The molecule has 0 atom stereocenters. The predicted octanol–water partition coefficient (Wildman–Crippen LogP) is 3.03.